The van der Waals surface area contributed by atoms with Gasteiger partial charge in [-0.05, 0) is 18.6 Å². The first kappa shape index (κ1) is 14.0. The van der Waals surface area contributed by atoms with Gasteiger partial charge in [-0.15, -0.1) is 0 Å². The van der Waals surface area contributed by atoms with Crippen LogP contribution in [0.25, 0.3) is 0 Å². The van der Waals surface area contributed by atoms with Crippen molar-refractivity contribution in [2.75, 3.05) is 13.1 Å². The summed E-state index contributed by atoms with van der Waals surface area (Å²) in [6.07, 6.45) is 1.24. The lowest BCUT2D eigenvalue weighted by atomic mass is 10.2. The summed E-state index contributed by atoms with van der Waals surface area (Å²) >= 11 is 0. The average Bonchev–Trinajstić information content (AvgIpc) is 2.89. The fourth-order valence-electron chi connectivity index (χ4n) is 1.98. The van der Waals surface area contributed by atoms with E-state index in [0.29, 0.717) is 18.5 Å². The Morgan fingerprint density at radius 1 is 1.20 bits per heavy atom. The predicted molar refractivity (Wildman–Crippen MR) is 72.9 cm³/mol. The van der Waals surface area contributed by atoms with Gasteiger partial charge in [0.2, 0.25) is 11.8 Å². The van der Waals surface area contributed by atoms with E-state index in [1.807, 2.05) is 6.07 Å². The Kier molecular flexibility index (Phi) is 4.70. The van der Waals surface area contributed by atoms with Gasteiger partial charge in [0.25, 0.3) is 5.91 Å². The zero-order valence-electron chi connectivity index (χ0n) is 11.0. The van der Waals surface area contributed by atoms with E-state index in [1.165, 1.54) is 0 Å². The summed E-state index contributed by atoms with van der Waals surface area (Å²) in [5, 5.41) is 7.99. The first-order valence-electron chi connectivity index (χ1n) is 6.54. The largest absolute Gasteiger partial charge is 0.353 e. The van der Waals surface area contributed by atoms with Crippen molar-refractivity contribution in [2.45, 2.75) is 18.9 Å². The third-order valence-corrected chi connectivity index (χ3v) is 3.08. The maximum absolute atomic E-state index is 11.7. The fraction of sp³-hybridized carbons (Fsp3) is 0.357. The molecule has 1 saturated heterocycles. The summed E-state index contributed by atoms with van der Waals surface area (Å²) in [5.41, 5.74) is 0.517. The van der Waals surface area contributed by atoms with E-state index >= 15 is 0 Å². The lowest BCUT2D eigenvalue weighted by Gasteiger charge is -2.11. The minimum absolute atomic E-state index is 0.00345. The minimum atomic E-state index is -0.282. The molecular weight excluding hydrogens is 258 g/mol. The second-order valence-electron chi connectivity index (χ2n) is 4.66. The van der Waals surface area contributed by atoms with Crippen molar-refractivity contribution in [3.63, 3.8) is 0 Å². The van der Waals surface area contributed by atoms with Crippen molar-refractivity contribution >= 4 is 17.7 Å². The standard InChI is InChI=1S/C14H17N3O3/c18-12-7-6-11(17-12)8-15-13(19)9-16-14(20)10-4-2-1-3-5-10/h1-5,11H,6-9H2,(H,15,19)(H,16,20)(H,17,18). The molecular formula is C14H17N3O3. The molecule has 1 unspecified atom stereocenters. The second kappa shape index (κ2) is 6.70. The second-order valence-corrected chi connectivity index (χ2v) is 4.66. The number of nitrogens with one attached hydrogen (secondary N) is 3. The SMILES string of the molecule is O=C(CNC(=O)c1ccccc1)NCC1CCC(=O)N1. The summed E-state index contributed by atoms with van der Waals surface area (Å²) < 4.78 is 0. The topological polar surface area (TPSA) is 87.3 Å². The lowest BCUT2D eigenvalue weighted by molar-refractivity contribution is -0.121. The zero-order chi connectivity index (χ0) is 14.4. The van der Waals surface area contributed by atoms with Crippen LogP contribution >= 0.6 is 0 Å². The molecule has 1 fully saturated rings. The van der Waals surface area contributed by atoms with Crippen LogP contribution in [0.3, 0.4) is 0 Å². The van der Waals surface area contributed by atoms with Gasteiger partial charge in [0.05, 0.1) is 6.54 Å². The molecule has 0 bridgehead atoms. The quantitative estimate of drug-likeness (QED) is 0.696. The van der Waals surface area contributed by atoms with Crippen LogP contribution in [0.5, 0.6) is 0 Å². The van der Waals surface area contributed by atoms with Crippen LogP contribution in [-0.2, 0) is 9.59 Å². The molecule has 0 radical (unpaired) electrons. The van der Waals surface area contributed by atoms with Gasteiger partial charge in [0.15, 0.2) is 0 Å². The highest BCUT2D eigenvalue weighted by Crippen LogP contribution is 2.04. The van der Waals surface area contributed by atoms with Crippen LogP contribution in [0.4, 0.5) is 0 Å². The smallest absolute Gasteiger partial charge is 0.251 e. The number of rotatable bonds is 5. The molecule has 1 aliphatic rings. The minimum Gasteiger partial charge on any atom is -0.353 e. The molecule has 1 aromatic rings. The van der Waals surface area contributed by atoms with Gasteiger partial charge in [-0.2, -0.15) is 0 Å². The van der Waals surface area contributed by atoms with Crippen molar-refractivity contribution in [3.05, 3.63) is 35.9 Å². The molecule has 3 amide bonds. The normalized spacial score (nSPS) is 17.4. The summed E-state index contributed by atoms with van der Waals surface area (Å²) in [6.45, 7) is 0.320. The van der Waals surface area contributed by atoms with Gasteiger partial charge in [-0.3, -0.25) is 14.4 Å². The molecule has 20 heavy (non-hydrogen) atoms. The first-order chi connectivity index (χ1) is 9.65. The molecule has 6 heteroatoms. The van der Waals surface area contributed by atoms with Gasteiger partial charge < -0.3 is 16.0 Å². The molecule has 3 N–H and O–H groups in total. The van der Waals surface area contributed by atoms with Crippen LogP contribution in [0.1, 0.15) is 23.2 Å². The molecule has 0 spiro atoms. The van der Waals surface area contributed by atoms with Gasteiger partial charge in [-0.1, -0.05) is 18.2 Å². The van der Waals surface area contributed by atoms with Crippen LogP contribution in [0.2, 0.25) is 0 Å². The van der Waals surface area contributed by atoms with Crippen LogP contribution in [-0.4, -0.2) is 36.9 Å². The van der Waals surface area contributed by atoms with Crippen molar-refractivity contribution in [2.24, 2.45) is 0 Å². The van der Waals surface area contributed by atoms with E-state index in [1.54, 1.807) is 24.3 Å². The average molecular weight is 275 g/mol. The Morgan fingerprint density at radius 3 is 2.60 bits per heavy atom. The van der Waals surface area contributed by atoms with E-state index in [0.717, 1.165) is 6.42 Å². The maximum atomic E-state index is 11.7. The predicted octanol–water partition coefficient (Wildman–Crippen LogP) is -0.189. The number of hydrogen-bond acceptors (Lipinski definition) is 3. The van der Waals surface area contributed by atoms with Crippen LogP contribution in [0, 0.1) is 0 Å². The Bertz CT molecular complexity index is 502. The number of amides is 3. The highest BCUT2D eigenvalue weighted by molar-refractivity contribution is 5.96. The van der Waals surface area contributed by atoms with Crippen LogP contribution < -0.4 is 16.0 Å². The van der Waals surface area contributed by atoms with Gasteiger partial charge in [0.1, 0.15) is 0 Å². The van der Waals surface area contributed by atoms with E-state index in [-0.39, 0.29) is 30.3 Å². The number of carbonyl (C=O) groups excluding carboxylic acids is 3. The van der Waals surface area contributed by atoms with Crippen molar-refractivity contribution in [1.82, 2.24) is 16.0 Å². The molecule has 106 valence electrons. The van der Waals surface area contributed by atoms with Gasteiger partial charge in [-0.25, -0.2) is 0 Å². The molecule has 0 saturated carbocycles. The number of hydrogen-bond donors (Lipinski definition) is 3. The molecule has 0 aromatic heterocycles. The third-order valence-electron chi connectivity index (χ3n) is 3.08. The highest BCUT2D eigenvalue weighted by atomic mass is 16.2. The summed E-state index contributed by atoms with van der Waals surface area (Å²) in [5.74, 6) is -0.535. The first-order valence-corrected chi connectivity index (χ1v) is 6.54. The molecule has 0 aliphatic carbocycles. The molecule has 1 aromatic carbocycles. The monoisotopic (exact) mass is 275 g/mol. The molecule has 2 rings (SSSR count). The Morgan fingerprint density at radius 2 is 1.95 bits per heavy atom. The van der Waals surface area contributed by atoms with E-state index in [9.17, 15) is 14.4 Å². The maximum Gasteiger partial charge on any atom is 0.251 e. The Balaban J connectivity index is 1.67. The van der Waals surface area contributed by atoms with Crippen LogP contribution in [0.15, 0.2) is 30.3 Å². The van der Waals surface area contributed by atoms with E-state index in [4.69, 9.17) is 0 Å². The number of carbonyl (C=O) groups is 3. The molecule has 1 heterocycles. The number of benzene rings is 1. The van der Waals surface area contributed by atoms with Gasteiger partial charge >= 0.3 is 0 Å². The van der Waals surface area contributed by atoms with Crippen molar-refractivity contribution in [3.8, 4) is 0 Å². The summed E-state index contributed by atoms with van der Waals surface area (Å²) in [6, 6.07) is 8.70. The summed E-state index contributed by atoms with van der Waals surface area (Å²) in [4.78, 5) is 34.3. The Hall–Kier alpha value is -2.37. The van der Waals surface area contributed by atoms with Crippen molar-refractivity contribution in [1.29, 1.82) is 0 Å². The highest BCUT2D eigenvalue weighted by Gasteiger charge is 2.20. The molecule has 6 nitrogen and oxygen atoms in total. The molecule has 1 aliphatic heterocycles. The van der Waals surface area contributed by atoms with Gasteiger partial charge in [0, 0.05) is 24.6 Å². The van der Waals surface area contributed by atoms with E-state index < -0.39 is 0 Å². The Labute approximate surface area is 116 Å². The zero-order valence-corrected chi connectivity index (χ0v) is 11.0. The lowest BCUT2D eigenvalue weighted by Crippen LogP contribution is -2.42. The summed E-state index contributed by atoms with van der Waals surface area (Å²) in [7, 11) is 0. The van der Waals surface area contributed by atoms with Crippen molar-refractivity contribution < 1.29 is 14.4 Å². The fourth-order valence-corrected chi connectivity index (χ4v) is 1.98. The van der Waals surface area contributed by atoms with E-state index in [2.05, 4.69) is 16.0 Å². The molecule has 1 atom stereocenters. The third kappa shape index (κ3) is 4.08.